The molecule has 96 valence electrons. The second-order valence-corrected chi connectivity index (χ2v) is 4.60. The summed E-state index contributed by atoms with van der Waals surface area (Å²) < 4.78 is 5.31. The van der Waals surface area contributed by atoms with Crippen molar-refractivity contribution in [3.8, 4) is 5.75 Å². The fourth-order valence-corrected chi connectivity index (χ4v) is 2.02. The molecule has 1 aromatic rings. The lowest BCUT2D eigenvalue weighted by molar-refractivity contribution is 0.411. The zero-order valence-corrected chi connectivity index (χ0v) is 11.7. The van der Waals surface area contributed by atoms with Gasteiger partial charge in [0, 0.05) is 5.88 Å². The van der Waals surface area contributed by atoms with Gasteiger partial charge in [-0.3, -0.25) is 0 Å². The van der Waals surface area contributed by atoms with E-state index in [1.54, 1.807) is 7.11 Å². The average Bonchev–Trinajstić information content (AvgIpc) is 2.34. The SMILES string of the molecule is COc1ccc(CCNCCCCl)c(C)c1C. The fraction of sp³-hybridized carbons (Fsp3) is 0.571. The normalized spacial score (nSPS) is 10.6. The number of methoxy groups -OCH3 is 1. The second kappa shape index (κ2) is 7.57. The van der Waals surface area contributed by atoms with Crippen molar-refractivity contribution in [3.63, 3.8) is 0 Å². The topological polar surface area (TPSA) is 21.3 Å². The van der Waals surface area contributed by atoms with Crippen LogP contribution in [0.25, 0.3) is 0 Å². The predicted octanol–water partition coefficient (Wildman–Crippen LogP) is 3.07. The number of rotatable bonds is 7. The van der Waals surface area contributed by atoms with E-state index in [4.69, 9.17) is 16.3 Å². The molecule has 0 amide bonds. The number of ether oxygens (including phenoxy) is 1. The van der Waals surface area contributed by atoms with Crippen LogP contribution in [0.3, 0.4) is 0 Å². The first-order chi connectivity index (χ1) is 8.20. The van der Waals surface area contributed by atoms with Crippen LogP contribution in [0.1, 0.15) is 23.1 Å². The second-order valence-electron chi connectivity index (χ2n) is 4.22. The van der Waals surface area contributed by atoms with E-state index in [1.807, 2.05) is 0 Å². The lowest BCUT2D eigenvalue weighted by Crippen LogP contribution is -2.19. The maximum absolute atomic E-state index is 5.62. The summed E-state index contributed by atoms with van der Waals surface area (Å²) in [7, 11) is 1.72. The molecular formula is C14H22ClNO. The molecular weight excluding hydrogens is 234 g/mol. The van der Waals surface area contributed by atoms with Crippen molar-refractivity contribution in [1.82, 2.24) is 5.32 Å². The van der Waals surface area contributed by atoms with E-state index in [2.05, 4.69) is 31.3 Å². The van der Waals surface area contributed by atoms with Gasteiger partial charge in [0.05, 0.1) is 7.11 Å². The molecule has 0 aliphatic heterocycles. The monoisotopic (exact) mass is 255 g/mol. The van der Waals surface area contributed by atoms with Crippen LogP contribution in [0, 0.1) is 13.8 Å². The Balaban J connectivity index is 2.51. The zero-order chi connectivity index (χ0) is 12.7. The van der Waals surface area contributed by atoms with Crippen LogP contribution in [0.4, 0.5) is 0 Å². The quantitative estimate of drug-likeness (QED) is 0.597. The van der Waals surface area contributed by atoms with Gasteiger partial charge in [-0.25, -0.2) is 0 Å². The Morgan fingerprint density at radius 2 is 1.94 bits per heavy atom. The van der Waals surface area contributed by atoms with Gasteiger partial charge >= 0.3 is 0 Å². The van der Waals surface area contributed by atoms with E-state index >= 15 is 0 Å². The van der Waals surface area contributed by atoms with Crippen molar-refractivity contribution < 1.29 is 4.74 Å². The highest BCUT2D eigenvalue weighted by Crippen LogP contribution is 2.23. The van der Waals surface area contributed by atoms with Gasteiger partial charge in [-0.05, 0) is 62.5 Å². The maximum atomic E-state index is 5.62. The summed E-state index contributed by atoms with van der Waals surface area (Å²) in [5, 5.41) is 3.39. The van der Waals surface area contributed by atoms with Crippen LogP contribution in [0.5, 0.6) is 5.75 Å². The van der Waals surface area contributed by atoms with Crippen molar-refractivity contribution in [2.24, 2.45) is 0 Å². The van der Waals surface area contributed by atoms with Crippen LogP contribution < -0.4 is 10.1 Å². The predicted molar refractivity (Wildman–Crippen MR) is 74.4 cm³/mol. The first-order valence-corrected chi connectivity index (χ1v) is 6.64. The smallest absolute Gasteiger partial charge is 0.122 e. The van der Waals surface area contributed by atoms with Gasteiger partial charge in [0.15, 0.2) is 0 Å². The molecule has 1 rings (SSSR count). The minimum atomic E-state index is 0.730. The summed E-state index contributed by atoms with van der Waals surface area (Å²) in [6, 6.07) is 4.21. The molecule has 0 fully saturated rings. The Kier molecular flexibility index (Phi) is 6.38. The molecule has 0 unspecified atom stereocenters. The summed E-state index contributed by atoms with van der Waals surface area (Å²) in [5.74, 6) is 1.70. The van der Waals surface area contributed by atoms with E-state index < -0.39 is 0 Å². The Bertz CT molecular complexity index is 352. The third-order valence-corrected chi connectivity index (χ3v) is 3.40. The van der Waals surface area contributed by atoms with Crippen molar-refractivity contribution in [2.75, 3.05) is 26.1 Å². The van der Waals surface area contributed by atoms with E-state index in [9.17, 15) is 0 Å². The third-order valence-electron chi connectivity index (χ3n) is 3.13. The van der Waals surface area contributed by atoms with Gasteiger partial charge in [-0.15, -0.1) is 11.6 Å². The highest BCUT2D eigenvalue weighted by molar-refractivity contribution is 6.17. The van der Waals surface area contributed by atoms with Gasteiger partial charge in [-0.1, -0.05) is 6.07 Å². The standard InChI is InChI=1S/C14H22ClNO/c1-11-12(2)14(17-3)6-5-13(11)7-10-16-9-4-8-15/h5-6,16H,4,7-10H2,1-3H3. The summed E-state index contributed by atoms with van der Waals surface area (Å²) in [6.45, 7) is 6.27. The highest BCUT2D eigenvalue weighted by Gasteiger charge is 2.05. The van der Waals surface area contributed by atoms with Crippen LogP contribution in [-0.4, -0.2) is 26.1 Å². The van der Waals surface area contributed by atoms with Crippen molar-refractivity contribution in [3.05, 3.63) is 28.8 Å². The Hall–Kier alpha value is -0.730. The molecule has 0 saturated carbocycles. The maximum Gasteiger partial charge on any atom is 0.122 e. The van der Waals surface area contributed by atoms with Crippen LogP contribution >= 0.6 is 11.6 Å². The van der Waals surface area contributed by atoms with Gasteiger partial charge in [0.25, 0.3) is 0 Å². The molecule has 2 nitrogen and oxygen atoms in total. The highest BCUT2D eigenvalue weighted by atomic mass is 35.5. The summed E-state index contributed by atoms with van der Waals surface area (Å²) in [5.41, 5.74) is 3.97. The molecule has 0 radical (unpaired) electrons. The van der Waals surface area contributed by atoms with Gasteiger partial charge in [-0.2, -0.15) is 0 Å². The number of benzene rings is 1. The van der Waals surface area contributed by atoms with E-state index in [1.165, 1.54) is 16.7 Å². The Labute approximate surface area is 109 Å². The van der Waals surface area contributed by atoms with Crippen molar-refractivity contribution in [2.45, 2.75) is 26.7 Å². The molecule has 1 aromatic carbocycles. The number of hydrogen-bond acceptors (Lipinski definition) is 2. The number of hydrogen-bond donors (Lipinski definition) is 1. The number of nitrogens with one attached hydrogen (secondary N) is 1. The minimum absolute atomic E-state index is 0.730. The molecule has 17 heavy (non-hydrogen) atoms. The van der Waals surface area contributed by atoms with E-state index in [-0.39, 0.29) is 0 Å². The molecule has 1 N–H and O–H groups in total. The molecule has 0 aliphatic rings. The van der Waals surface area contributed by atoms with Crippen LogP contribution in [0.2, 0.25) is 0 Å². The van der Waals surface area contributed by atoms with Crippen molar-refractivity contribution >= 4 is 11.6 Å². The fourth-order valence-electron chi connectivity index (χ4n) is 1.88. The minimum Gasteiger partial charge on any atom is -0.496 e. The largest absolute Gasteiger partial charge is 0.496 e. The third kappa shape index (κ3) is 4.21. The van der Waals surface area contributed by atoms with Crippen LogP contribution in [-0.2, 0) is 6.42 Å². The Morgan fingerprint density at radius 3 is 2.59 bits per heavy atom. The first-order valence-electron chi connectivity index (χ1n) is 6.10. The lowest BCUT2D eigenvalue weighted by Gasteiger charge is -2.12. The van der Waals surface area contributed by atoms with Crippen molar-refractivity contribution in [1.29, 1.82) is 0 Å². The molecule has 0 atom stereocenters. The summed E-state index contributed by atoms with van der Waals surface area (Å²) in [4.78, 5) is 0. The van der Waals surface area contributed by atoms with Gasteiger partial charge in [0.2, 0.25) is 0 Å². The molecule has 0 heterocycles. The first kappa shape index (κ1) is 14.3. The van der Waals surface area contributed by atoms with E-state index in [0.717, 1.165) is 37.6 Å². The van der Waals surface area contributed by atoms with Gasteiger partial charge < -0.3 is 10.1 Å². The summed E-state index contributed by atoms with van der Waals surface area (Å²) >= 11 is 5.62. The van der Waals surface area contributed by atoms with E-state index in [0.29, 0.717) is 0 Å². The number of halogens is 1. The molecule has 0 aliphatic carbocycles. The molecule has 0 aromatic heterocycles. The average molecular weight is 256 g/mol. The molecule has 0 bridgehead atoms. The molecule has 0 spiro atoms. The molecule has 3 heteroatoms. The molecule has 0 saturated heterocycles. The lowest BCUT2D eigenvalue weighted by atomic mass is 10.00. The van der Waals surface area contributed by atoms with Crippen LogP contribution in [0.15, 0.2) is 12.1 Å². The summed E-state index contributed by atoms with van der Waals surface area (Å²) in [6.07, 6.45) is 2.08. The van der Waals surface area contributed by atoms with Gasteiger partial charge in [0.1, 0.15) is 5.75 Å². The zero-order valence-electron chi connectivity index (χ0n) is 11.0. The Morgan fingerprint density at radius 1 is 1.18 bits per heavy atom. The number of alkyl halides is 1.